The van der Waals surface area contributed by atoms with E-state index in [1.54, 1.807) is 6.92 Å². The number of hydrogen-bond donors (Lipinski definition) is 2. The molecule has 0 saturated carbocycles. The molecule has 1 unspecified atom stereocenters. The molecule has 0 aromatic heterocycles. The maximum absolute atomic E-state index is 11.9. The maximum Gasteiger partial charge on any atom is 0.303 e. The predicted octanol–water partition coefficient (Wildman–Crippen LogP) is 2.12. The van der Waals surface area contributed by atoms with Crippen molar-refractivity contribution in [3.8, 4) is 0 Å². The molecule has 0 aliphatic heterocycles. The summed E-state index contributed by atoms with van der Waals surface area (Å²) in [6, 6.07) is 5.85. The minimum atomic E-state index is -3.57. The second-order valence-electron chi connectivity index (χ2n) is 4.34. The van der Waals surface area contributed by atoms with Crippen LogP contribution in [0.5, 0.6) is 0 Å². The fourth-order valence-electron chi connectivity index (χ4n) is 1.42. The molecule has 1 aromatic rings. The first-order valence-electron chi connectivity index (χ1n) is 5.78. The van der Waals surface area contributed by atoms with Crippen LogP contribution in [-0.2, 0) is 14.8 Å². The first-order valence-corrected chi connectivity index (χ1v) is 7.64. The molecule has 1 aromatic carbocycles. The Morgan fingerprint density at radius 3 is 2.47 bits per heavy atom. The van der Waals surface area contributed by atoms with Crippen molar-refractivity contribution in [1.29, 1.82) is 0 Å². The maximum atomic E-state index is 11.9. The Morgan fingerprint density at radius 2 is 1.95 bits per heavy atom. The molecule has 0 fully saturated rings. The molecule has 7 heteroatoms. The second-order valence-corrected chi connectivity index (χ2v) is 6.55. The third-order valence-electron chi connectivity index (χ3n) is 2.60. The van der Waals surface area contributed by atoms with E-state index in [0.717, 1.165) is 0 Å². The Balaban J connectivity index is 2.56. The molecule has 0 saturated heterocycles. The zero-order chi connectivity index (χ0) is 14.5. The topological polar surface area (TPSA) is 83.5 Å². The first-order chi connectivity index (χ1) is 8.81. The zero-order valence-electron chi connectivity index (χ0n) is 10.5. The molecule has 106 valence electrons. The summed E-state index contributed by atoms with van der Waals surface area (Å²) in [5.74, 6) is -0.925. The third kappa shape index (κ3) is 5.59. The van der Waals surface area contributed by atoms with Crippen molar-refractivity contribution < 1.29 is 18.3 Å². The summed E-state index contributed by atoms with van der Waals surface area (Å²) >= 11 is 5.69. The number of nitrogens with one attached hydrogen (secondary N) is 1. The van der Waals surface area contributed by atoms with E-state index in [9.17, 15) is 13.2 Å². The van der Waals surface area contributed by atoms with Crippen LogP contribution in [0.15, 0.2) is 29.2 Å². The summed E-state index contributed by atoms with van der Waals surface area (Å²) in [7, 11) is -3.57. The van der Waals surface area contributed by atoms with Gasteiger partial charge >= 0.3 is 5.97 Å². The summed E-state index contributed by atoms with van der Waals surface area (Å²) in [5.41, 5.74) is 0. The van der Waals surface area contributed by atoms with Gasteiger partial charge in [-0.25, -0.2) is 13.1 Å². The van der Waals surface area contributed by atoms with Crippen molar-refractivity contribution in [2.75, 3.05) is 6.54 Å². The Bertz CT molecular complexity index is 527. The van der Waals surface area contributed by atoms with Crippen LogP contribution in [0.3, 0.4) is 0 Å². The largest absolute Gasteiger partial charge is 0.481 e. The molecule has 1 atom stereocenters. The number of sulfonamides is 1. The van der Waals surface area contributed by atoms with Crippen molar-refractivity contribution in [3.63, 3.8) is 0 Å². The average Bonchev–Trinajstić information content (AvgIpc) is 2.34. The monoisotopic (exact) mass is 305 g/mol. The third-order valence-corrected chi connectivity index (χ3v) is 4.29. The Labute approximate surface area is 117 Å². The predicted molar refractivity (Wildman–Crippen MR) is 72.7 cm³/mol. The quantitative estimate of drug-likeness (QED) is 0.808. The second kappa shape index (κ2) is 6.88. The van der Waals surface area contributed by atoms with Crippen molar-refractivity contribution in [1.82, 2.24) is 4.72 Å². The zero-order valence-corrected chi connectivity index (χ0v) is 12.0. The number of carbonyl (C=O) groups is 1. The van der Waals surface area contributed by atoms with Crippen molar-refractivity contribution in [2.45, 2.75) is 24.7 Å². The van der Waals surface area contributed by atoms with Crippen molar-refractivity contribution in [2.24, 2.45) is 5.92 Å². The van der Waals surface area contributed by atoms with Crippen LogP contribution in [0.2, 0.25) is 5.02 Å². The normalized spacial score (nSPS) is 13.2. The van der Waals surface area contributed by atoms with Gasteiger partial charge in [-0.05, 0) is 36.6 Å². The highest BCUT2D eigenvalue weighted by molar-refractivity contribution is 7.89. The van der Waals surface area contributed by atoms with Gasteiger partial charge in [0.1, 0.15) is 0 Å². The van der Waals surface area contributed by atoms with Gasteiger partial charge in [0.05, 0.1) is 4.90 Å². The van der Waals surface area contributed by atoms with E-state index in [1.165, 1.54) is 24.3 Å². The van der Waals surface area contributed by atoms with E-state index in [1.807, 2.05) is 0 Å². The van der Waals surface area contributed by atoms with Crippen LogP contribution in [0.1, 0.15) is 19.8 Å². The molecule has 1 rings (SSSR count). The van der Waals surface area contributed by atoms with Gasteiger partial charge in [-0.2, -0.15) is 0 Å². The Hall–Kier alpha value is -1.11. The molecule has 0 radical (unpaired) electrons. The number of benzene rings is 1. The standard InChI is InChI=1S/C12H16ClNO4S/c1-9(2-7-12(15)16)8-14-19(17,18)11-5-3-10(13)4-6-11/h3-6,9,14H,2,7-8H2,1H3,(H,15,16). The molecule has 0 amide bonds. The molecular formula is C12H16ClNO4S. The molecule has 5 nitrogen and oxygen atoms in total. The Kier molecular flexibility index (Phi) is 5.78. The highest BCUT2D eigenvalue weighted by Crippen LogP contribution is 2.14. The lowest BCUT2D eigenvalue weighted by Crippen LogP contribution is -2.28. The van der Waals surface area contributed by atoms with E-state index < -0.39 is 16.0 Å². The van der Waals surface area contributed by atoms with Crippen LogP contribution < -0.4 is 4.72 Å². The van der Waals surface area contributed by atoms with E-state index in [-0.39, 0.29) is 23.8 Å². The number of carboxylic acid groups (broad SMARTS) is 1. The molecule has 19 heavy (non-hydrogen) atoms. The number of carboxylic acids is 1. The molecule has 2 N–H and O–H groups in total. The number of hydrogen-bond acceptors (Lipinski definition) is 3. The summed E-state index contributed by atoms with van der Waals surface area (Å²) in [6.45, 7) is 2.01. The van der Waals surface area contributed by atoms with Crippen molar-refractivity contribution in [3.05, 3.63) is 29.3 Å². The summed E-state index contributed by atoms with van der Waals surface area (Å²) in [4.78, 5) is 10.5. The van der Waals surface area contributed by atoms with E-state index in [0.29, 0.717) is 11.4 Å². The Morgan fingerprint density at radius 1 is 1.37 bits per heavy atom. The minimum Gasteiger partial charge on any atom is -0.481 e. The number of aliphatic carboxylic acids is 1. The molecule has 0 bridgehead atoms. The van der Waals surface area contributed by atoms with E-state index in [4.69, 9.17) is 16.7 Å². The lowest BCUT2D eigenvalue weighted by molar-refractivity contribution is -0.137. The SMILES string of the molecule is CC(CCC(=O)O)CNS(=O)(=O)c1ccc(Cl)cc1. The van der Waals surface area contributed by atoms with Gasteiger partial charge in [0.2, 0.25) is 10.0 Å². The highest BCUT2D eigenvalue weighted by atomic mass is 35.5. The number of rotatable bonds is 7. The molecule has 0 aliphatic carbocycles. The van der Waals surface area contributed by atoms with Crippen molar-refractivity contribution >= 4 is 27.6 Å². The van der Waals surface area contributed by atoms with Crippen LogP contribution in [-0.4, -0.2) is 26.0 Å². The fraction of sp³-hybridized carbons (Fsp3) is 0.417. The van der Waals surface area contributed by atoms with Gasteiger partial charge in [0.25, 0.3) is 0 Å². The van der Waals surface area contributed by atoms with Gasteiger partial charge in [0, 0.05) is 18.0 Å². The fourth-order valence-corrected chi connectivity index (χ4v) is 2.71. The van der Waals surface area contributed by atoms with Gasteiger partial charge in [-0.1, -0.05) is 18.5 Å². The van der Waals surface area contributed by atoms with Crippen LogP contribution >= 0.6 is 11.6 Å². The molecule has 0 heterocycles. The smallest absolute Gasteiger partial charge is 0.303 e. The lowest BCUT2D eigenvalue weighted by Gasteiger charge is -2.12. The first kappa shape index (κ1) is 15.9. The summed E-state index contributed by atoms with van der Waals surface area (Å²) in [5, 5.41) is 9.01. The van der Waals surface area contributed by atoms with E-state index >= 15 is 0 Å². The molecule has 0 aliphatic rings. The van der Waals surface area contributed by atoms with Gasteiger partial charge in [-0.15, -0.1) is 0 Å². The van der Waals surface area contributed by atoms with Gasteiger partial charge in [0.15, 0.2) is 0 Å². The minimum absolute atomic E-state index is 0.0316. The van der Waals surface area contributed by atoms with Crippen LogP contribution in [0, 0.1) is 5.92 Å². The summed E-state index contributed by atoms with van der Waals surface area (Å²) in [6.07, 6.45) is 0.461. The molecule has 0 spiro atoms. The van der Waals surface area contributed by atoms with Gasteiger partial charge < -0.3 is 5.11 Å². The van der Waals surface area contributed by atoms with E-state index in [2.05, 4.69) is 4.72 Å². The highest BCUT2D eigenvalue weighted by Gasteiger charge is 2.15. The average molecular weight is 306 g/mol. The number of halogens is 1. The van der Waals surface area contributed by atoms with Gasteiger partial charge in [-0.3, -0.25) is 4.79 Å². The summed E-state index contributed by atoms with van der Waals surface area (Å²) < 4.78 is 26.3. The van der Waals surface area contributed by atoms with Crippen LogP contribution in [0.25, 0.3) is 0 Å². The van der Waals surface area contributed by atoms with Crippen LogP contribution in [0.4, 0.5) is 0 Å². The lowest BCUT2D eigenvalue weighted by atomic mass is 10.1. The molecular weight excluding hydrogens is 290 g/mol.